The minimum absolute atomic E-state index is 0.361. The standard InChI is InChI=1S/C15H27N3OS/c19-15(12-20-14-3-5-16-6-4-14)18-9-7-17(8-10-18)11-13-1-2-13/h13-14,16H,1-12H2. The molecular weight excluding hydrogens is 270 g/mol. The summed E-state index contributed by atoms with van der Waals surface area (Å²) in [6.07, 6.45) is 5.28. The van der Waals surface area contributed by atoms with Gasteiger partial charge in [-0.25, -0.2) is 0 Å². The first-order valence-electron chi connectivity index (χ1n) is 8.14. The van der Waals surface area contributed by atoms with E-state index < -0.39 is 0 Å². The van der Waals surface area contributed by atoms with Crippen LogP contribution in [0.15, 0.2) is 0 Å². The third kappa shape index (κ3) is 4.37. The van der Waals surface area contributed by atoms with Crippen molar-refractivity contribution in [3.05, 3.63) is 0 Å². The second-order valence-electron chi connectivity index (χ2n) is 6.39. The van der Waals surface area contributed by atoms with Crippen LogP contribution in [0.25, 0.3) is 0 Å². The van der Waals surface area contributed by atoms with Crippen LogP contribution in [0.4, 0.5) is 0 Å². The monoisotopic (exact) mass is 297 g/mol. The highest BCUT2D eigenvalue weighted by molar-refractivity contribution is 8.00. The minimum Gasteiger partial charge on any atom is -0.339 e. The average molecular weight is 297 g/mol. The normalized spacial score (nSPS) is 25.9. The third-order valence-electron chi connectivity index (χ3n) is 4.67. The lowest BCUT2D eigenvalue weighted by atomic mass is 10.2. The fourth-order valence-electron chi connectivity index (χ4n) is 3.09. The number of piperidine rings is 1. The Hall–Kier alpha value is -0.260. The zero-order valence-corrected chi connectivity index (χ0v) is 13.2. The molecule has 0 atom stereocenters. The maximum absolute atomic E-state index is 12.3. The molecule has 0 bridgehead atoms. The van der Waals surface area contributed by atoms with Gasteiger partial charge in [-0.1, -0.05) is 0 Å². The molecule has 2 aliphatic heterocycles. The zero-order valence-electron chi connectivity index (χ0n) is 12.4. The second kappa shape index (κ2) is 7.14. The van der Waals surface area contributed by atoms with Gasteiger partial charge in [0.25, 0.3) is 0 Å². The summed E-state index contributed by atoms with van der Waals surface area (Å²) >= 11 is 1.88. The lowest BCUT2D eigenvalue weighted by molar-refractivity contribution is -0.130. The maximum atomic E-state index is 12.3. The summed E-state index contributed by atoms with van der Waals surface area (Å²) in [5.74, 6) is 2.01. The summed E-state index contributed by atoms with van der Waals surface area (Å²) in [6.45, 7) is 7.56. The Labute approximate surface area is 126 Å². The van der Waals surface area contributed by atoms with Crippen LogP contribution in [0, 0.1) is 5.92 Å². The van der Waals surface area contributed by atoms with Gasteiger partial charge in [-0.05, 0) is 44.7 Å². The molecule has 1 N–H and O–H groups in total. The molecule has 3 rings (SSSR count). The van der Waals surface area contributed by atoms with Crippen molar-refractivity contribution in [2.45, 2.75) is 30.9 Å². The number of carbonyl (C=O) groups excluding carboxylic acids is 1. The van der Waals surface area contributed by atoms with Crippen molar-refractivity contribution in [3.63, 3.8) is 0 Å². The van der Waals surface area contributed by atoms with Crippen LogP contribution in [-0.2, 0) is 4.79 Å². The van der Waals surface area contributed by atoms with Gasteiger partial charge in [-0.2, -0.15) is 0 Å². The van der Waals surface area contributed by atoms with E-state index >= 15 is 0 Å². The van der Waals surface area contributed by atoms with Crippen molar-refractivity contribution in [1.82, 2.24) is 15.1 Å². The number of hydrogen-bond acceptors (Lipinski definition) is 4. The quantitative estimate of drug-likeness (QED) is 0.822. The molecule has 0 radical (unpaired) electrons. The number of hydrogen-bond donors (Lipinski definition) is 1. The molecule has 20 heavy (non-hydrogen) atoms. The molecule has 5 heteroatoms. The highest BCUT2D eigenvalue weighted by atomic mass is 32.2. The Balaban J connectivity index is 1.33. The van der Waals surface area contributed by atoms with E-state index in [0.29, 0.717) is 16.9 Å². The van der Waals surface area contributed by atoms with E-state index in [1.807, 2.05) is 11.8 Å². The van der Waals surface area contributed by atoms with Gasteiger partial charge in [0, 0.05) is 38.0 Å². The van der Waals surface area contributed by atoms with Crippen LogP contribution in [0.2, 0.25) is 0 Å². The van der Waals surface area contributed by atoms with E-state index in [2.05, 4.69) is 15.1 Å². The summed E-state index contributed by atoms with van der Waals surface area (Å²) in [5.41, 5.74) is 0. The third-order valence-corrected chi connectivity index (χ3v) is 6.02. The molecule has 114 valence electrons. The van der Waals surface area contributed by atoms with Crippen molar-refractivity contribution in [1.29, 1.82) is 0 Å². The zero-order chi connectivity index (χ0) is 13.8. The summed E-state index contributed by atoms with van der Waals surface area (Å²) in [7, 11) is 0. The average Bonchev–Trinajstić information content (AvgIpc) is 3.31. The molecule has 0 aromatic rings. The van der Waals surface area contributed by atoms with Gasteiger partial charge in [0.2, 0.25) is 5.91 Å². The van der Waals surface area contributed by atoms with Crippen LogP contribution >= 0.6 is 11.8 Å². The van der Waals surface area contributed by atoms with Crippen LogP contribution in [0.5, 0.6) is 0 Å². The first kappa shape index (κ1) is 14.7. The van der Waals surface area contributed by atoms with E-state index in [1.54, 1.807) is 0 Å². The summed E-state index contributed by atoms with van der Waals surface area (Å²) in [5, 5.41) is 4.07. The number of carbonyl (C=O) groups is 1. The molecule has 4 nitrogen and oxygen atoms in total. The van der Waals surface area contributed by atoms with Gasteiger partial charge in [0.05, 0.1) is 5.75 Å². The topological polar surface area (TPSA) is 35.6 Å². The van der Waals surface area contributed by atoms with Gasteiger partial charge in [0.15, 0.2) is 0 Å². The Morgan fingerprint density at radius 2 is 1.75 bits per heavy atom. The SMILES string of the molecule is O=C(CSC1CCNCC1)N1CCN(CC2CC2)CC1. The largest absolute Gasteiger partial charge is 0.339 e. The minimum atomic E-state index is 0.361. The fourth-order valence-corrected chi connectivity index (χ4v) is 4.22. The molecule has 0 aromatic heterocycles. The van der Waals surface area contributed by atoms with Gasteiger partial charge >= 0.3 is 0 Å². The van der Waals surface area contributed by atoms with E-state index in [4.69, 9.17) is 0 Å². The van der Waals surface area contributed by atoms with E-state index in [0.717, 1.165) is 45.2 Å². The Morgan fingerprint density at radius 3 is 2.40 bits per heavy atom. The van der Waals surface area contributed by atoms with Crippen LogP contribution in [0.3, 0.4) is 0 Å². The van der Waals surface area contributed by atoms with Crippen LogP contribution in [-0.4, -0.2) is 72.5 Å². The van der Waals surface area contributed by atoms with E-state index in [-0.39, 0.29) is 0 Å². The van der Waals surface area contributed by atoms with Gasteiger partial charge in [-0.15, -0.1) is 11.8 Å². The van der Waals surface area contributed by atoms with Gasteiger partial charge in [0.1, 0.15) is 0 Å². The first-order chi connectivity index (χ1) is 9.81. The molecule has 0 unspecified atom stereocenters. The molecule has 1 aliphatic carbocycles. The van der Waals surface area contributed by atoms with Crippen molar-refractivity contribution >= 4 is 17.7 Å². The first-order valence-corrected chi connectivity index (χ1v) is 9.18. The Bertz CT molecular complexity index is 321. The van der Waals surface area contributed by atoms with Gasteiger partial charge < -0.3 is 10.2 Å². The van der Waals surface area contributed by atoms with E-state index in [1.165, 1.54) is 32.2 Å². The predicted molar refractivity (Wildman–Crippen MR) is 84.1 cm³/mol. The lowest BCUT2D eigenvalue weighted by Gasteiger charge is -2.35. The predicted octanol–water partition coefficient (Wildman–Crippen LogP) is 1.03. The molecule has 1 saturated carbocycles. The van der Waals surface area contributed by atoms with Crippen LogP contribution in [0.1, 0.15) is 25.7 Å². The second-order valence-corrected chi connectivity index (χ2v) is 7.67. The van der Waals surface area contributed by atoms with E-state index in [9.17, 15) is 4.79 Å². The highest BCUT2D eigenvalue weighted by Gasteiger charge is 2.27. The molecule has 3 fully saturated rings. The molecule has 3 aliphatic rings. The lowest BCUT2D eigenvalue weighted by Crippen LogP contribution is -2.49. The smallest absolute Gasteiger partial charge is 0.232 e. The summed E-state index contributed by atoms with van der Waals surface area (Å²) in [6, 6.07) is 0. The number of rotatable bonds is 5. The molecule has 1 amide bonds. The number of nitrogens with zero attached hydrogens (tertiary/aromatic N) is 2. The summed E-state index contributed by atoms with van der Waals surface area (Å²) < 4.78 is 0. The fraction of sp³-hybridized carbons (Fsp3) is 0.933. The van der Waals surface area contributed by atoms with Crippen molar-refractivity contribution in [2.75, 3.05) is 51.6 Å². The van der Waals surface area contributed by atoms with Crippen molar-refractivity contribution < 1.29 is 4.79 Å². The van der Waals surface area contributed by atoms with Gasteiger partial charge in [-0.3, -0.25) is 9.69 Å². The molecule has 2 heterocycles. The maximum Gasteiger partial charge on any atom is 0.232 e. The molecule has 0 spiro atoms. The van der Waals surface area contributed by atoms with Crippen molar-refractivity contribution in [3.8, 4) is 0 Å². The van der Waals surface area contributed by atoms with Crippen LogP contribution < -0.4 is 5.32 Å². The number of piperazine rings is 1. The van der Waals surface area contributed by atoms with Crippen molar-refractivity contribution in [2.24, 2.45) is 5.92 Å². The Morgan fingerprint density at radius 1 is 1.05 bits per heavy atom. The highest BCUT2D eigenvalue weighted by Crippen LogP contribution is 2.30. The molecule has 0 aromatic carbocycles. The molecular formula is C15H27N3OS. The number of thioether (sulfide) groups is 1. The molecule has 2 saturated heterocycles. The number of nitrogens with one attached hydrogen (secondary N) is 1. The Kier molecular flexibility index (Phi) is 5.24. The summed E-state index contributed by atoms with van der Waals surface area (Å²) in [4.78, 5) is 16.9. The number of amides is 1.